The van der Waals surface area contributed by atoms with Gasteiger partial charge in [-0.2, -0.15) is 0 Å². The van der Waals surface area contributed by atoms with Crippen molar-refractivity contribution in [2.24, 2.45) is 0 Å². The Kier molecular flexibility index (Phi) is 5.42. The molecule has 0 amide bonds. The molecule has 0 aromatic carbocycles. The second-order valence-electron chi connectivity index (χ2n) is 4.00. The average Bonchev–Trinajstić information content (AvgIpc) is 2.57. The molecule has 0 aromatic rings. The maximum atomic E-state index is 3.55. The number of hydrogen-bond donors (Lipinski definition) is 1. The van der Waals surface area contributed by atoms with E-state index in [4.69, 9.17) is 0 Å². The number of unbranched alkanes of at least 4 members (excludes halogenated alkanes) is 4. The molecule has 0 radical (unpaired) electrons. The number of rotatable bonds is 6. The predicted molar refractivity (Wildman–Crippen MR) is 56.5 cm³/mol. The molecule has 1 unspecified atom stereocenters. The van der Waals surface area contributed by atoms with Gasteiger partial charge in [0.25, 0.3) is 0 Å². The van der Waals surface area contributed by atoms with Crippen LogP contribution in [-0.2, 0) is 0 Å². The minimum Gasteiger partial charge on any atom is -0.314 e. The van der Waals surface area contributed by atoms with E-state index in [2.05, 4.69) is 12.2 Å². The molecule has 1 rings (SSSR count). The minimum absolute atomic E-state index is 0. The van der Waals surface area contributed by atoms with Crippen molar-refractivity contribution in [1.29, 1.82) is 0 Å². The van der Waals surface area contributed by atoms with Crippen LogP contribution in [0.1, 0.15) is 59.7 Å². The first-order valence-electron chi connectivity index (χ1n) is 5.67. The molecule has 1 aliphatic heterocycles. The molecule has 0 saturated carbocycles. The molecular weight excluding hydrogens is 146 g/mol. The van der Waals surface area contributed by atoms with Gasteiger partial charge in [-0.25, -0.2) is 0 Å². The van der Waals surface area contributed by atoms with E-state index in [1.807, 2.05) is 0 Å². The van der Waals surface area contributed by atoms with Crippen LogP contribution < -0.4 is 5.32 Å². The van der Waals surface area contributed by atoms with Gasteiger partial charge in [-0.15, -0.1) is 0 Å². The van der Waals surface area contributed by atoms with Crippen LogP contribution >= 0.6 is 0 Å². The largest absolute Gasteiger partial charge is 0.314 e. The van der Waals surface area contributed by atoms with Gasteiger partial charge in [-0.05, 0) is 25.8 Å². The number of nitrogens with one attached hydrogen (secondary N) is 1. The first-order chi connectivity index (χ1) is 5.93. The summed E-state index contributed by atoms with van der Waals surface area (Å²) in [7, 11) is 0. The zero-order valence-corrected chi connectivity index (χ0v) is 8.44. The van der Waals surface area contributed by atoms with E-state index in [1.54, 1.807) is 0 Å². The lowest BCUT2D eigenvalue weighted by Crippen LogP contribution is -2.20. The van der Waals surface area contributed by atoms with Crippen LogP contribution in [0.25, 0.3) is 0 Å². The first-order valence-corrected chi connectivity index (χ1v) is 5.67. The van der Waals surface area contributed by atoms with E-state index in [1.165, 1.54) is 57.9 Å². The highest BCUT2D eigenvalue weighted by atomic mass is 14.9. The van der Waals surface area contributed by atoms with Gasteiger partial charge in [0.2, 0.25) is 0 Å². The second kappa shape index (κ2) is 6.47. The fourth-order valence-corrected chi connectivity index (χ4v) is 2.00. The Balaban J connectivity index is 0.00000144. The van der Waals surface area contributed by atoms with Gasteiger partial charge in [-0.1, -0.05) is 39.0 Å². The van der Waals surface area contributed by atoms with E-state index in [-0.39, 0.29) is 1.43 Å². The van der Waals surface area contributed by atoms with Gasteiger partial charge in [0.05, 0.1) is 0 Å². The van der Waals surface area contributed by atoms with Crippen molar-refractivity contribution >= 4 is 0 Å². The third-order valence-electron chi connectivity index (χ3n) is 2.82. The zero-order valence-electron chi connectivity index (χ0n) is 8.44. The zero-order chi connectivity index (χ0) is 8.65. The molecule has 0 aromatic heterocycles. The molecule has 1 fully saturated rings. The molecular formula is C11H25N. The van der Waals surface area contributed by atoms with Crippen molar-refractivity contribution in [2.45, 2.75) is 64.3 Å². The van der Waals surface area contributed by atoms with Crippen LogP contribution in [0.2, 0.25) is 0 Å². The highest BCUT2D eigenvalue weighted by molar-refractivity contribution is 4.73. The van der Waals surface area contributed by atoms with Gasteiger partial charge in [0, 0.05) is 7.47 Å². The van der Waals surface area contributed by atoms with Gasteiger partial charge < -0.3 is 5.32 Å². The normalized spacial score (nSPS) is 23.2. The Morgan fingerprint density at radius 2 is 2.08 bits per heavy atom. The van der Waals surface area contributed by atoms with Crippen LogP contribution in [0.3, 0.4) is 0 Å². The first kappa shape index (κ1) is 10.0. The maximum Gasteiger partial charge on any atom is 0.00675 e. The molecule has 1 N–H and O–H groups in total. The summed E-state index contributed by atoms with van der Waals surface area (Å²) >= 11 is 0. The van der Waals surface area contributed by atoms with Crippen molar-refractivity contribution in [3.63, 3.8) is 0 Å². The van der Waals surface area contributed by atoms with Gasteiger partial charge in [0.15, 0.2) is 0 Å². The SMILES string of the molecule is CCCCCCCC1CCCN1.[HH]. The third-order valence-corrected chi connectivity index (χ3v) is 2.82. The summed E-state index contributed by atoms with van der Waals surface area (Å²) in [5.74, 6) is 0. The van der Waals surface area contributed by atoms with E-state index in [0.29, 0.717) is 0 Å². The van der Waals surface area contributed by atoms with Crippen LogP contribution in [-0.4, -0.2) is 12.6 Å². The molecule has 12 heavy (non-hydrogen) atoms. The Labute approximate surface area is 78.4 Å². The minimum atomic E-state index is 0. The van der Waals surface area contributed by atoms with Crippen molar-refractivity contribution in [3.8, 4) is 0 Å². The molecule has 1 aliphatic rings. The molecule has 0 spiro atoms. The van der Waals surface area contributed by atoms with Gasteiger partial charge in [-0.3, -0.25) is 0 Å². The summed E-state index contributed by atoms with van der Waals surface area (Å²) in [5, 5.41) is 3.55. The molecule has 1 saturated heterocycles. The Morgan fingerprint density at radius 3 is 2.75 bits per heavy atom. The van der Waals surface area contributed by atoms with Crippen molar-refractivity contribution in [2.75, 3.05) is 6.54 Å². The Bertz CT molecular complexity index is 100. The molecule has 1 atom stereocenters. The predicted octanol–water partition coefficient (Wildman–Crippen LogP) is 3.34. The molecule has 1 heterocycles. The monoisotopic (exact) mass is 171 g/mol. The summed E-state index contributed by atoms with van der Waals surface area (Å²) in [6, 6.07) is 0.867. The van der Waals surface area contributed by atoms with E-state index >= 15 is 0 Å². The van der Waals surface area contributed by atoms with E-state index in [0.717, 1.165) is 6.04 Å². The average molecular weight is 171 g/mol. The lowest BCUT2D eigenvalue weighted by molar-refractivity contribution is 0.508. The molecule has 74 valence electrons. The Hall–Kier alpha value is -0.0400. The summed E-state index contributed by atoms with van der Waals surface area (Å²) < 4.78 is 0. The van der Waals surface area contributed by atoms with E-state index < -0.39 is 0 Å². The third kappa shape index (κ3) is 4.10. The highest BCUT2D eigenvalue weighted by Gasteiger charge is 2.12. The summed E-state index contributed by atoms with van der Waals surface area (Å²) in [6.07, 6.45) is 11.4. The number of hydrogen-bond acceptors (Lipinski definition) is 1. The van der Waals surface area contributed by atoms with Crippen molar-refractivity contribution in [3.05, 3.63) is 0 Å². The highest BCUT2D eigenvalue weighted by Crippen LogP contribution is 2.13. The quantitative estimate of drug-likeness (QED) is 0.604. The molecule has 0 bridgehead atoms. The molecule has 0 aliphatic carbocycles. The molecule has 1 heteroatoms. The standard InChI is InChI=1S/C11H23N.H2/c1-2-3-4-5-6-8-11-9-7-10-12-11;/h11-12H,2-10H2,1H3;1H. The summed E-state index contributed by atoms with van der Waals surface area (Å²) in [6.45, 7) is 3.54. The van der Waals surface area contributed by atoms with Crippen LogP contribution in [0.4, 0.5) is 0 Å². The van der Waals surface area contributed by atoms with Crippen molar-refractivity contribution < 1.29 is 1.43 Å². The second-order valence-corrected chi connectivity index (χ2v) is 4.00. The van der Waals surface area contributed by atoms with Crippen molar-refractivity contribution in [1.82, 2.24) is 5.32 Å². The van der Waals surface area contributed by atoms with Gasteiger partial charge >= 0.3 is 0 Å². The fraction of sp³-hybridized carbons (Fsp3) is 1.00. The lowest BCUT2D eigenvalue weighted by Gasteiger charge is -2.08. The van der Waals surface area contributed by atoms with Crippen LogP contribution in [0, 0.1) is 0 Å². The summed E-state index contributed by atoms with van der Waals surface area (Å²) in [4.78, 5) is 0. The maximum absolute atomic E-state index is 3.55. The fourth-order valence-electron chi connectivity index (χ4n) is 2.00. The smallest absolute Gasteiger partial charge is 0.00675 e. The van der Waals surface area contributed by atoms with Crippen LogP contribution in [0.15, 0.2) is 0 Å². The Morgan fingerprint density at radius 1 is 1.25 bits per heavy atom. The topological polar surface area (TPSA) is 12.0 Å². The molecule has 1 nitrogen and oxygen atoms in total. The van der Waals surface area contributed by atoms with Crippen LogP contribution in [0.5, 0.6) is 0 Å². The lowest BCUT2D eigenvalue weighted by atomic mass is 10.1. The summed E-state index contributed by atoms with van der Waals surface area (Å²) in [5.41, 5.74) is 0. The van der Waals surface area contributed by atoms with E-state index in [9.17, 15) is 0 Å². The van der Waals surface area contributed by atoms with Gasteiger partial charge in [0.1, 0.15) is 0 Å².